The van der Waals surface area contributed by atoms with Gasteiger partial charge in [0.1, 0.15) is 12.4 Å². The van der Waals surface area contributed by atoms with Crippen LogP contribution in [-0.4, -0.2) is 39.0 Å². The molecule has 8 heteroatoms. The van der Waals surface area contributed by atoms with Gasteiger partial charge in [-0.05, 0) is 27.7 Å². The number of aromatic amines is 1. The molecule has 158 valence electrons. The van der Waals surface area contributed by atoms with Crippen LogP contribution >= 0.6 is 0 Å². The largest absolute Gasteiger partial charge is 0.481 e. The molecule has 0 bridgehead atoms. The second-order valence-corrected chi connectivity index (χ2v) is 8.61. The van der Waals surface area contributed by atoms with E-state index in [1.54, 1.807) is 0 Å². The predicted octanol–water partition coefficient (Wildman–Crippen LogP) is 3.99. The number of benzene rings is 2. The Balaban J connectivity index is 1.25. The molecule has 0 radical (unpaired) electrons. The Morgan fingerprint density at radius 1 is 1.10 bits per heavy atom. The minimum Gasteiger partial charge on any atom is -0.481 e. The molecule has 1 amide bonds. The highest BCUT2D eigenvalue weighted by atomic mass is 16.5. The molecule has 0 saturated heterocycles. The number of ether oxygens (including phenoxy) is 1. The third-order valence-electron chi connectivity index (χ3n) is 6.45. The highest BCUT2D eigenvalue weighted by Gasteiger charge is 2.64. The van der Waals surface area contributed by atoms with Crippen LogP contribution in [0, 0.1) is 11.3 Å². The molecule has 2 aromatic carbocycles. The molecule has 0 aliphatic heterocycles. The number of carboxylic acid groups (broad SMARTS) is 1. The van der Waals surface area contributed by atoms with Crippen LogP contribution in [0.5, 0.6) is 0 Å². The summed E-state index contributed by atoms with van der Waals surface area (Å²) >= 11 is 0. The average Bonchev–Trinajstić information content (AvgIpc) is 3.04. The van der Waals surface area contributed by atoms with E-state index in [1.165, 1.54) is 0 Å². The summed E-state index contributed by atoms with van der Waals surface area (Å²) in [4.78, 5) is 28.0. The number of amides is 1. The number of hydrogen-bond acceptors (Lipinski definition) is 5. The van der Waals surface area contributed by atoms with Gasteiger partial charge in [0.05, 0.1) is 5.92 Å². The molecular formula is C23H22N4O4. The Kier molecular flexibility index (Phi) is 4.32. The van der Waals surface area contributed by atoms with Gasteiger partial charge < -0.3 is 9.84 Å². The van der Waals surface area contributed by atoms with Crippen LogP contribution in [0.1, 0.15) is 42.6 Å². The molecular weight excluding hydrogens is 396 g/mol. The lowest BCUT2D eigenvalue weighted by Gasteiger charge is -2.13. The highest BCUT2D eigenvalue weighted by molar-refractivity contribution is 5.83. The van der Waals surface area contributed by atoms with Gasteiger partial charge >= 0.3 is 12.1 Å². The fourth-order valence-corrected chi connectivity index (χ4v) is 4.80. The van der Waals surface area contributed by atoms with Crippen molar-refractivity contribution in [3.8, 4) is 11.1 Å². The van der Waals surface area contributed by atoms with Gasteiger partial charge in [-0.2, -0.15) is 4.98 Å². The van der Waals surface area contributed by atoms with Gasteiger partial charge in [0.15, 0.2) is 0 Å². The zero-order valence-electron chi connectivity index (χ0n) is 17.1. The van der Waals surface area contributed by atoms with Crippen molar-refractivity contribution in [1.82, 2.24) is 15.2 Å². The fraction of sp³-hybridized carbons (Fsp3) is 0.304. The van der Waals surface area contributed by atoms with Crippen molar-refractivity contribution in [3.05, 3.63) is 65.5 Å². The summed E-state index contributed by atoms with van der Waals surface area (Å²) < 4.78 is 5.49. The maximum absolute atomic E-state index is 12.4. The van der Waals surface area contributed by atoms with Crippen LogP contribution < -0.4 is 5.32 Å². The molecule has 0 unspecified atom stereocenters. The van der Waals surface area contributed by atoms with Crippen molar-refractivity contribution < 1.29 is 19.4 Å². The Hall–Kier alpha value is -3.68. The summed E-state index contributed by atoms with van der Waals surface area (Å²) in [5.41, 5.74) is 4.17. The summed E-state index contributed by atoms with van der Waals surface area (Å²) in [6, 6.07) is 16.2. The third-order valence-corrected chi connectivity index (χ3v) is 6.45. The molecule has 1 saturated carbocycles. The van der Waals surface area contributed by atoms with Gasteiger partial charge in [-0.1, -0.05) is 62.4 Å². The molecule has 31 heavy (non-hydrogen) atoms. The first-order valence-electron chi connectivity index (χ1n) is 10.1. The lowest BCUT2D eigenvalue weighted by molar-refractivity contribution is -0.139. The zero-order chi connectivity index (χ0) is 21.8. The SMILES string of the molecule is CC1(C)[C@H](C(=O)O)[C@@H]1c1nc(NC(=O)OCC2c3ccccc3-c3ccccc32)n[nH]1. The molecule has 3 aromatic rings. The minimum atomic E-state index is -0.863. The first-order valence-corrected chi connectivity index (χ1v) is 10.1. The molecule has 8 nitrogen and oxygen atoms in total. The van der Waals surface area contributed by atoms with Crippen LogP contribution in [0.2, 0.25) is 0 Å². The van der Waals surface area contributed by atoms with Gasteiger partial charge in [-0.25, -0.2) is 4.79 Å². The van der Waals surface area contributed by atoms with Crippen molar-refractivity contribution in [1.29, 1.82) is 0 Å². The number of carboxylic acids is 1. The standard InChI is InChI=1S/C23H22N4O4/c1-23(2)17(18(23)20(28)29)19-24-21(27-26-19)25-22(30)31-11-16-14-9-5-3-7-12(14)13-8-4-6-10-15(13)16/h3-10,16-18H,11H2,1-2H3,(H,28,29)(H2,24,25,26,27,30)/t17-,18+/m1/s1. The molecule has 2 atom stereocenters. The van der Waals surface area contributed by atoms with Crippen molar-refractivity contribution in [2.45, 2.75) is 25.7 Å². The zero-order valence-corrected chi connectivity index (χ0v) is 17.1. The Bertz CT molecular complexity index is 1140. The Labute approximate surface area is 178 Å². The van der Waals surface area contributed by atoms with Gasteiger partial charge in [-0.15, -0.1) is 5.10 Å². The van der Waals surface area contributed by atoms with Crippen LogP contribution in [0.3, 0.4) is 0 Å². The first kappa shape index (κ1) is 19.3. The number of nitrogens with one attached hydrogen (secondary N) is 2. The van der Waals surface area contributed by atoms with Gasteiger partial charge in [0.25, 0.3) is 5.95 Å². The predicted molar refractivity (Wildman–Crippen MR) is 113 cm³/mol. The van der Waals surface area contributed by atoms with Crippen molar-refractivity contribution in [2.24, 2.45) is 11.3 Å². The quantitative estimate of drug-likeness (QED) is 0.577. The fourth-order valence-electron chi connectivity index (χ4n) is 4.80. The maximum Gasteiger partial charge on any atom is 0.414 e. The summed E-state index contributed by atoms with van der Waals surface area (Å²) in [5.74, 6) is -1.18. The van der Waals surface area contributed by atoms with E-state index in [0.29, 0.717) is 5.82 Å². The highest BCUT2D eigenvalue weighted by Crippen LogP contribution is 2.63. The minimum absolute atomic E-state index is 0.0376. The van der Waals surface area contributed by atoms with Crippen LogP contribution in [0.25, 0.3) is 11.1 Å². The van der Waals surface area contributed by atoms with E-state index in [-0.39, 0.29) is 24.4 Å². The average molecular weight is 418 g/mol. The molecule has 1 aromatic heterocycles. The topological polar surface area (TPSA) is 117 Å². The van der Waals surface area contributed by atoms with Crippen molar-refractivity contribution in [3.63, 3.8) is 0 Å². The van der Waals surface area contributed by atoms with E-state index in [4.69, 9.17) is 4.74 Å². The number of anilines is 1. The third kappa shape index (κ3) is 3.15. The lowest BCUT2D eigenvalue weighted by atomic mass is 9.98. The van der Waals surface area contributed by atoms with Crippen molar-refractivity contribution >= 4 is 18.0 Å². The number of hydrogen-bond donors (Lipinski definition) is 3. The van der Waals surface area contributed by atoms with E-state index in [2.05, 4.69) is 44.8 Å². The molecule has 5 rings (SSSR count). The normalized spacial score (nSPS) is 20.6. The lowest BCUT2D eigenvalue weighted by Crippen LogP contribution is -2.18. The van der Waals surface area contributed by atoms with Crippen LogP contribution in [0.15, 0.2) is 48.5 Å². The molecule has 1 heterocycles. The molecule has 1 fully saturated rings. The monoisotopic (exact) mass is 418 g/mol. The van der Waals surface area contributed by atoms with Gasteiger partial charge in [0.2, 0.25) is 0 Å². The van der Waals surface area contributed by atoms with E-state index in [9.17, 15) is 14.7 Å². The number of aliphatic carboxylic acids is 1. The smallest absolute Gasteiger partial charge is 0.414 e. The summed E-state index contributed by atoms with van der Waals surface area (Å²) in [7, 11) is 0. The number of carbonyl (C=O) groups is 2. The number of H-pyrrole nitrogens is 1. The Morgan fingerprint density at radius 2 is 1.71 bits per heavy atom. The second kappa shape index (κ2) is 6.94. The van der Waals surface area contributed by atoms with E-state index in [0.717, 1.165) is 22.3 Å². The number of aromatic nitrogens is 3. The second-order valence-electron chi connectivity index (χ2n) is 8.61. The number of carbonyl (C=O) groups excluding carboxylic acids is 1. The number of fused-ring (bicyclic) bond motifs is 3. The molecule has 0 spiro atoms. The van der Waals surface area contributed by atoms with E-state index >= 15 is 0 Å². The molecule has 3 N–H and O–H groups in total. The number of nitrogens with zero attached hydrogens (tertiary/aromatic N) is 2. The van der Waals surface area contributed by atoms with Crippen LogP contribution in [0.4, 0.5) is 10.7 Å². The maximum atomic E-state index is 12.4. The molecule has 2 aliphatic carbocycles. The summed E-state index contributed by atoms with van der Waals surface area (Å²) in [6.07, 6.45) is -0.655. The number of rotatable bonds is 5. The van der Waals surface area contributed by atoms with Crippen LogP contribution in [-0.2, 0) is 9.53 Å². The first-order chi connectivity index (χ1) is 14.9. The van der Waals surface area contributed by atoms with Gasteiger partial charge in [0, 0.05) is 11.8 Å². The summed E-state index contributed by atoms with van der Waals surface area (Å²) in [5, 5.41) is 18.6. The summed E-state index contributed by atoms with van der Waals surface area (Å²) in [6.45, 7) is 3.93. The van der Waals surface area contributed by atoms with Crippen molar-refractivity contribution in [2.75, 3.05) is 11.9 Å². The van der Waals surface area contributed by atoms with E-state index in [1.807, 2.05) is 38.1 Å². The Morgan fingerprint density at radius 3 is 2.29 bits per heavy atom. The van der Waals surface area contributed by atoms with Gasteiger partial charge in [-0.3, -0.25) is 15.2 Å². The van der Waals surface area contributed by atoms with E-state index < -0.39 is 23.4 Å². The molecule has 2 aliphatic rings.